The highest BCUT2D eigenvalue weighted by molar-refractivity contribution is 6.17. The smallest absolute Gasteiger partial charge is 0.164 e. The van der Waals surface area contributed by atoms with Crippen LogP contribution in [0, 0.1) is 0 Å². The third-order valence-corrected chi connectivity index (χ3v) is 10.8. The van der Waals surface area contributed by atoms with E-state index in [4.69, 9.17) is 19.4 Å². The molecule has 0 unspecified atom stereocenters. The molecule has 2 aromatic heterocycles. The van der Waals surface area contributed by atoms with Crippen LogP contribution in [0.25, 0.3) is 100 Å². The van der Waals surface area contributed by atoms with E-state index in [9.17, 15) is 0 Å². The van der Waals surface area contributed by atoms with Gasteiger partial charge in [0.25, 0.3) is 0 Å². The summed E-state index contributed by atoms with van der Waals surface area (Å²) < 4.78 is 6.53. The van der Waals surface area contributed by atoms with Gasteiger partial charge in [-0.15, -0.1) is 0 Å². The summed E-state index contributed by atoms with van der Waals surface area (Å²) in [5, 5.41) is 4.39. The number of hydrogen-bond donors (Lipinski definition) is 0. The molecule has 0 fully saturated rings. The number of benzene rings is 8. The van der Waals surface area contributed by atoms with Crippen molar-refractivity contribution in [3.05, 3.63) is 187 Å². The van der Waals surface area contributed by atoms with Gasteiger partial charge in [0.15, 0.2) is 17.5 Å². The molecule has 10 aromatic rings. The second kappa shape index (κ2) is 12.2. The van der Waals surface area contributed by atoms with Gasteiger partial charge in [-0.2, -0.15) is 0 Å². The molecular weight excluding hydrogens is 659 g/mol. The van der Waals surface area contributed by atoms with Crippen LogP contribution in [-0.4, -0.2) is 15.0 Å². The van der Waals surface area contributed by atoms with Crippen LogP contribution in [0.5, 0.6) is 0 Å². The Morgan fingerprint density at radius 3 is 1.65 bits per heavy atom. The Morgan fingerprint density at radius 2 is 0.889 bits per heavy atom. The molecule has 8 aromatic carbocycles. The lowest BCUT2D eigenvalue weighted by Crippen LogP contribution is -2.01. The fraction of sp³-hybridized carbons (Fsp3) is 0.0200. The quantitative estimate of drug-likeness (QED) is 0.180. The fourth-order valence-electron chi connectivity index (χ4n) is 8.28. The molecule has 1 aliphatic rings. The Balaban J connectivity index is 1.18. The minimum atomic E-state index is 0.600. The molecule has 0 spiro atoms. The maximum atomic E-state index is 6.53. The van der Waals surface area contributed by atoms with Crippen LogP contribution in [0.1, 0.15) is 11.1 Å². The van der Waals surface area contributed by atoms with E-state index in [0.29, 0.717) is 17.5 Å². The highest BCUT2D eigenvalue weighted by atomic mass is 16.3. The van der Waals surface area contributed by atoms with Gasteiger partial charge in [-0.1, -0.05) is 158 Å². The zero-order chi connectivity index (χ0) is 35.6. The highest BCUT2D eigenvalue weighted by Crippen LogP contribution is 2.45. The van der Waals surface area contributed by atoms with E-state index in [1.807, 2.05) is 30.3 Å². The van der Waals surface area contributed by atoms with Crippen molar-refractivity contribution in [2.24, 2.45) is 0 Å². The van der Waals surface area contributed by atoms with E-state index in [0.717, 1.165) is 67.1 Å². The lowest BCUT2D eigenvalue weighted by molar-refractivity contribution is 0.669. The number of aromatic nitrogens is 3. The van der Waals surface area contributed by atoms with E-state index in [-0.39, 0.29) is 0 Å². The Morgan fingerprint density at radius 1 is 0.352 bits per heavy atom. The second-order valence-electron chi connectivity index (χ2n) is 13.9. The van der Waals surface area contributed by atoms with Crippen LogP contribution < -0.4 is 0 Å². The predicted octanol–water partition coefficient (Wildman–Crippen LogP) is 12.8. The summed E-state index contributed by atoms with van der Waals surface area (Å²) in [5.74, 6) is 1.86. The molecule has 0 N–H and O–H groups in total. The average Bonchev–Trinajstić information content (AvgIpc) is 3.83. The van der Waals surface area contributed by atoms with Crippen LogP contribution in [0.3, 0.4) is 0 Å². The van der Waals surface area contributed by atoms with Crippen molar-refractivity contribution in [2.45, 2.75) is 6.42 Å². The molecule has 0 amide bonds. The lowest BCUT2D eigenvalue weighted by Gasteiger charge is -2.14. The van der Waals surface area contributed by atoms with Gasteiger partial charge in [0.05, 0.1) is 0 Å². The number of rotatable bonds is 5. The normalized spacial score (nSPS) is 12.0. The van der Waals surface area contributed by atoms with Crippen LogP contribution >= 0.6 is 0 Å². The first-order valence-corrected chi connectivity index (χ1v) is 18.3. The van der Waals surface area contributed by atoms with Gasteiger partial charge >= 0.3 is 0 Å². The Kier molecular flexibility index (Phi) is 6.89. The van der Waals surface area contributed by atoms with Crippen molar-refractivity contribution in [3.8, 4) is 67.5 Å². The van der Waals surface area contributed by atoms with Crippen molar-refractivity contribution in [1.29, 1.82) is 0 Å². The van der Waals surface area contributed by atoms with Gasteiger partial charge in [0.2, 0.25) is 0 Å². The standard InChI is InChI=1S/C50H31N3O/c1-3-13-31(14-4-1)32-25-27-34(28-26-32)48-51-49(40-22-12-24-45-47(40)46-37(21-11-23-44(46)54-45)33-15-5-2-6-16-33)53-50(52-48)43-30-42-36-18-8-7-17-35(36)29-41(42)38-19-9-10-20-39(38)43/h1-28,30H,29H2. The molecule has 2 heterocycles. The number of nitrogens with zero attached hydrogens (tertiary/aromatic N) is 3. The summed E-state index contributed by atoms with van der Waals surface area (Å²) >= 11 is 0. The highest BCUT2D eigenvalue weighted by Gasteiger charge is 2.25. The van der Waals surface area contributed by atoms with E-state index >= 15 is 0 Å². The van der Waals surface area contributed by atoms with Gasteiger partial charge in [0.1, 0.15) is 11.2 Å². The molecular formula is C50H31N3O. The fourth-order valence-corrected chi connectivity index (χ4v) is 8.28. The first-order valence-electron chi connectivity index (χ1n) is 18.3. The van der Waals surface area contributed by atoms with Gasteiger partial charge < -0.3 is 4.42 Å². The molecule has 1 aliphatic carbocycles. The maximum absolute atomic E-state index is 6.53. The van der Waals surface area contributed by atoms with Gasteiger partial charge in [0, 0.05) is 27.5 Å². The van der Waals surface area contributed by atoms with Gasteiger partial charge in [-0.3, -0.25) is 0 Å². The van der Waals surface area contributed by atoms with E-state index < -0.39 is 0 Å². The zero-order valence-electron chi connectivity index (χ0n) is 29.2. The second-order valence-corrected chi connectivity index (χ2v) is 13.9. The van der Waals surface area contributed by atoms with Crippen LogP contribution in [0.4, 0.5) is 0 Å². The Labute approximate surface area is 312 Å². The van der Waals surface area contributed by atoms with E-state index in [1.165, 1.54) is 33.2 Å². The Hall–Kier alpha value is -7.17. The molecule has 4 nitrogen and oxygen atoms in total. The van der Waals surface area contributed by atoms with Gasteiger partial charge in [-0.05, 0) is 79.9 Å². The van der Waals surface area contributed by atoms with Crippen molar-refractivity contribution in [3.63, 3.8) is 0 Å². The maximum Gasteiger partial charge on any atom is 0.164 e. The summed E-state index contributed by atoms with van der Waals surface area (Å²) in [4.78, 5) is 15.9. The molecule has 0 saturated carbocycles. The number of fused-ring (bicyclic) bond motifs is 8. The molecule has 0 bridgehead atoms. The van der Waals surface area contributed by atoms with Crippen molar-refractivity contribution < 1.29 is 4.42 Å². The number of hydrogen-bond acceptors (Lipinski definition) is 4. The summed E-state index contributed by atoms with van der Waals surface area (Å²) in [6.45, 7) is 0. The SMILES string of the molecule is c1ccc(-c2ccc(-c3nc(-c4cc5c(c6ccccc46)Cc4ccccc4-5)nc(-c4cccc5oc6cccc(-c7ccccc7)c6c45)n3)cc2)cc1. The van der Waals surface area contributed by atoms with Gasteiger partial charge in [-0.25, -0.2) is 15.0 Å². The molecule has 0 atom stereocenters. The summed E-state index contributed by atoms with van der Waals surface area (Å²) in [5.41, 5.74) is 14.2. The third kappa shape index (κ3) is 4.88. The van der Waals surface area contributed by atoms with E-state index in [2.05, 4.69) is 146 Å². The van der Waals surface area contributed by atoms with Crippen LogP contribution in [0.15, 0.2) is 180 Å². The molecule has 4 heteroatoms. The molecule has 0 aliphatic heterocycles. The summed E-state index contributed by atoms with van der Waals surface area (Å²) in [6.07, 6.45) is 0.910. The zero-order valence-corrected chi connectivity index (χ0v) is 29.2. The minimum absolute atomic E-state index is 0.600. The largest absolute Gasteiger partial charge is 0.456 e. The van der Waals surface area contributed by atoms with E-state index in [1.54, 1.807) is 0 Å². The first-order chi connectivity index (χ1) is 26.8. The topological polar surface area (TPSA) is 51.8 Å². The molecule has 0 saturated heterocycles. The lowest BCUT2D eigenvalue weighted by atomic mass is 9.94. The predicted molar refractivity (Wildman–Crippen MR) is 220 cm³/mol. The summed E-state index contributed by atoms with van der Waals surface area (Å²) in [6, 6.07) is 61.6. The third-order valence-electron chi connectivity index (χ3n) is 10.8. The summed E-state index contributed by atoms with van der Waals surface area (Å²) in [7, 11) is 0. The van der Waals surface area contributed by atoms with Crippen LogP contribution in [-0.2, 0) is 6.42 Å². The van der Waals surface area contributed by atoms with Crippen molar-refractivity contribution in [2.75, 3.05) is 0 Å². The monoisotopic (exact) mass is 689 g/mol. The number of furan rings is 1. The minimum Gasteiger partial charge on any atom is -0.456 e. The molecule has 54 heavy (non-hydrogen) atoms. The van der Waals surface area contributed by atoms with Crippen LogP contribution in [0.2, 0.25) is 0 Å². The average molecular weight is 690 g/mol. The molecule has 252 valence electrons. The van der Waals surface area contributed by atoms with Crippen molar-refractivity contribution >= 4 is 32.7 Å². The first kappa shape index (κ1) is 30.5. The Bertz CT molecular complexity index is 3060. The molecule has 0 radical (unpaired) electrons. The van der Waals surface area contributed by atoms with Crippen molar-refractivity contribution in [1.82, 2.24) is 15.0 Å². The molecule has 11 rings (SSSR count).